The van der Waals surface area contributed by atoms with Crippen molar-refractivity contribution in [3.8, 4) is 11.1 Å². The molecule has 5 nitrogen and oxygen atoms in total. The number of rotatable bonds is 4. The van der Waals surface area contributed by atoms with Gasteiger partial charge in [-0.3, -0.25) is 14.6 Å². The summed E-state index contributed by atoms with van der Waals surface area (Å²) in [6.07, 6.45) is -0.710. The fourth-order valence-electron chi connectivity index (χ4n) is 3.89. The normalized spacial score (nSPS) is 14.4. The van der Waals surface area contributed by atoms with Crippen LogP contribution in [0, 0.1) is 0 Å². The molecule has 2 heterocycles. The summed E-state index contributed by atoms with van der Waals surface area (Å²) >= 11 is 0. The Morgan fingerprint density at radius 2 is 1.76 bits per heavy atom. The van der Waals surface area contributed by atoms with Crippen LogP contribution in [-0.2, 0) is 23.9 Å². The van der Waals surface area contributed by atoms with Gasteiger partial charge in [-0.25, -0.2) is 0 Å². The lowest BCUT2D eigenvalue weighted by molar-refractivity contribution is -0.137. The second kappa shape index (κ2) is 9.05. The van der Waals surface area contributed by atoms with E-state index in [-0.39, 0.29) is 11.8 Å². The molecule has 0 fully saturated rings. The van der Waals surface area contributed by atoms with Crippen LogP contribution >= 0.6 is 0 Å². The first-order valence-electron chi connectivity index (χ1n) is 10.5. The van der Waals surface area contributed by atoms with Gasteiger partial charge in [-0.05, 0) is 65.9 Å². The highest BCUT2D eigenvalue weighted by Crippen LogP contribution is 2.32. The highest BCUT2D eigenvalue weighted by Gasteiger charge is 2.30. The molecule has 0 saturated heterocycles. The Morgan fingerprint density at radius 3 is 2.42 bits per heavy atom. The minimum absolute atomic E-state index is 0.196. The molecule has 2 aromatic carbocycles. The highest BCUT2D eigenvalue weighted by atomic mass is 19.4. The summed E-state index contributed by atoms with van der Waals surface area (Å²) in [5.74, 6) is -0.566. The predicted octanol–water partition coefficient (Wildman–Crippen LogP) is 4.47. The smallest absolute Gasteiger partial charge is 0.340 e. The molecule has 1 N–H and O–H groups in total. The van der Waals surface area contributed by atoms with E-state index in [0.29, 0.717) is 30.6 Å². The van der Waals surface area contributed by atoms with Crippen LogP contribution in [0.3, 0.4) is 0 Å². The van der Waals surface area contributed by atoms with Crippen molar-refractivity contribution in [1.29, 1.82) is 0 Å². The molecule has 0 spiro atoms. The zero-order valence-electron chi connectivity index (χ0n) is 17.9. The third-order valence-corrected chi connectivity index (χ3v) is 5.72. The summed E-state index contributed by atoms with van der Waals surface area (Å²) in [6, 6.07) is 13.4. The molecule has 33 heavy (non-hydrogen) atoms. The lowest BCUT2D eigenvalue weighted by Gasteiger charge is -2.31. The van der Waals surface area contributed by atoms with Crippen LogP contribution in [0.25, 0.3) is 11.1 Å². The second-order valence-electron chi connectivity index (χ2n) is 8.01. The van der Waals surface area contributed by atoms with Crippen LogP contribution in [0.5, 0.6) is 0 Å². The Balaban J connectivity index is 1.46. The van der Waals surface area contributed by atoms with E-state index in [0.717, 1.165) is 28.8 Å². The summed E-state index contributed by atoms with van der Waals surface area (Å²) in [4.78, 5) is 30.9. The van der Waals surface area contributed by atoms with E-state index in [4.69, 9.17) is 0 Å². The SMILES string of the molecule is C[C@@H](NC(=O)c1cccnc1)C(=O)N1CCc2ccc(-c3ccc(C(F)(F)F)cc3)cc2C1. The van der Waals surface area contributed by atoms with E-state index in [1.54, 1.807) is 30.2 Å². The third-order valence-electron chi connectivity index (χ3n) is 5.72. The maximum Gasteiger partial charge on any atom is 0.416 e. The fourth-order valence-corrected chi connectivity index (χ4v) is 3.89. The van der Waals surface area contributed by atoms with Gasteiger partial charge in [0.2, 0.25) is 5.91 Å². The molecule has 1 aliphatic heterocycles. The molecule has 0 bridgehead atoms. The molecule has 1 aliphatic rings. The summed E-state index contributed by atoms with van der Waals surface area (Å²) < 4.78 is 38.5. The number of pyridine rings is 1. The molecule has 0 unspecified atom stereocenters. The first-order valence-corrected chi connectivity index (χ1v) is 10.5. The maximum absolute atomic E-state index is 13.0. The molecule has 2 amide bonds. The molecule has 4 rings (SSSR count). The topological polar surface area (TPSA) is 62.3 Å². The Hall–Kier alpha value is -3.68. The van der Waals surface area contributed by atoms with Crippen LogP contribution in [-0.4, -0.2) is 34.3 Å². The average Bonchev–Trinajstić information content (AvgIpc) is 2.83. The van der Waals surface area contributed by atoms with E-state index in [1.807, 2.05) is 18.2 Å². The lowest BCUT2D eigenvalue weighted by Crippen LogP contribution is -2.48. The number of aromatic nitrogens is 1. The monoisotopic (exact) mass is 453 g/mol. The van der Waals surface area contributed by atoms with Gasteiger partial charge < -0.3 is 10.2 Å². The van der Waals surface area contributed by atoms with Crippen molar-refractivity contribution in [1.82, 2.24) is 15.2 Å². The summed E-state index contributed by atoms with van der Waals surface area (Å²) in [6.45, 7) is 2.54. The number of alkyl halides is 3. The molecule has 1 aromatic heterocycles. The number of carbonyl (C=O) groups is 2. The molecule has 0 saturated carbocycles. The van der Waals surface area contributed by atoms with Gasteiger partial charge >= 0.3 is 6.18 Å². The number of hydrogen-bond donors (Lipinski definition) is 1. The van der Waals surface area contributed by atoms with Gasteiger partial charge in [0, 0.05) is 25.5 Å². The quantitative estimate of drug-likeness (QED) is 0.634. The van der Waals surface area contributed by atoms with Crippen molar-refractivity contribution >= 4 is 11.8 Å². The van der Waals surface area contributed by atoms with E-state index >= 15 is 0 Å². The van der Waals surface area contributed by atoms with E-state index in [1.165, 1.54) is 18.3 Å². The van der Waals surface area contributed by atoms with Crippen molar-refractivity contribution in [3.63, 3.8) is 0 Å². The van der Waals surface area contributed by atoms with Crippen LogP contribution in [0.1, 0.15) is 34.0 Å². The molecule has 170 valence electrons. The van der Waals surface area contributed by atoms with Crippen LogP contribution in [0.2, 0.25) is 0 Å². The predicted molar refractivity (Wildman–Crippen MR) is 117 cm³/mol. The highest BCUT2D eigenvalue weighted by molar-refractivity contribution is 5.97. The zero-order valence-corrected chi connectivity index (χ0v) is 17.9. The summed E-state index contributed by atoms with van der Waals surface area (Å²) in [5, 5.41) is 2.71. The largest absolute Gasteiger partial charge is 0.416 e. The number of carbonyl (C=O) groups excluding carboxylic acids is 2. The fraction of sp³-hybridized carbons (Fsp3) is 0.240. The summed E-state index contributed by atoms with van der Waals surface area (Å²) in [5.41, 5.74) is 3.19. The van der Waals surface area contributed by atoms with Crippen LogP contribution in [0.15, 0.2) is 67.0 Å². The van der Waals surface area contributed by atoms with Crippen molar-refractivity contribution in [3.05, 3.63) is 89.2 Å². The van der Waals surface area contributed by atoms with Gasteiger partial charge in [0.1, 0.15) is 6.04 Å². The first kappa shape index (κ1) is 22.5. The van der Waals surface area contributed by atoms with Gasteiger partial charge in [0.15, 0.2) is 0 Å². The Morgan fingerprint density at radius 1 is 1.03 bits per heavy atom. The minimum Gasteiger partial charge on any atom is -0.340 e. The van der Waals surface area contributed by atoms with Gasteiger partial charge in [0.25, 0.3) is 5.91 Å². The number of benzene rings is 2. The third kappa shape index (κ3) is 5.05. The van der Waals surface area contributed by atoms with Crippen molar-refractivity contribution in [2.75, 3.05) is 6.54 Å². The maximum atomic E-state index is 13.0. The number of halogens is 3. The molecule has 1 atom stereocenters. The van der Waals surface area contributed by atoms with Crippen molar-refractivity contribution < 1.29 is 22.8 Å². The number of nitrogens with zero attached hydrogens (tertiary/aromatic N) is 2. The van der Waals surface area contributed by atoms with Gasteiger partial charge in [0.05, 0.1) is 11.1 Å². The van der Waals surface area contributed by atoms with E-state index in [2.05, 4.69) is 10.3 Å². The Bertz CT molecular complexity index is 1160. The molecule has 8 heteroatoms. The number of nitrogens with one attached hydrogen (secondary N) is 1. The Kier molecular flexibility index (Phi) is 6.18. The molecule has 0 radical (unpaired) electrons. The zero-order chi connectivity index (χ0) is 23.6. The van der Waals surface area contributed by atoms with Gasteiger partial charge in [-0.1, -0.05) is 24.3 Å². The summed E-state index contributed by atoms with van der Waals surface area (Å²) in [7, 11) is 0. The number of fused-ring (bicyclic) bond motifs is 1. The minimum atomic E-state index is -4.38. The van der Waals surface area contributed by atoms with Gasteiger partial charge in [-0.15, -0.1) is 0 Å². The van der Waals surface area contributed by atoms with Crippen LogP contribution < -0.4 is 5.32 Å². The van der Waals surface area contributed by atoms with E-state index in [9.17, 15) is 22.8 Å². The number of hydrogen-bond acceptors (Lipinski definition) is 3. The lowest BCUT2D eigenvalue weighted by atomic mass is 9.94. The van der Waals surface area contributed by atoms with Crippen molar-refractivity contribution in [2.45, 2.75) is 32.1 Å². The van der Waals surface area contributed by atoms with E-state index < -0.39 is 17.8 Å². The second-order valence-corrected chi connectivity index (χ2v) is 8.01. The Labute approximate surface area is 189 Å². The van der Waals surface area contributed by atoms with Gasteiger partial charge in [-0.2, -0.15) is 13.2 Å². The molecule has 3 aromatic rings. The first-order chi connectivity index (χ1) is 15.7. The molecule has 0 aliphatic carbocycles. The average molecular weight is 453 g/mol. The molecular formula is C25H22F3N3O2. The van der Waals surface area contributed by atoms with Crippen LogP contribution in [0.4, 0.5) is 13.2 Å². The van der Waals surface area contributed by atoms with Crippen molar-refractivity contribution in [2.24, 2.45) is 0 Å². The standard InChI is InChI=1S/C25H22F3N3O2/c1-16(30-23(32)20-3-2-11-29-14-20)24(33)31-12-10-18-4-5-19(13-21(18)15-31)17-6-8-22(9-7-17)25(26,27)28/h2-9,11,13-14,16H,10,12,15H2,1H3,(H,30,32)/t16-/m1/s1. The number of amides is 2. The molecular weight excluding hydrogens is 431 g/mol.